The summed E-state index contributed by atoms with van der Waals surface area (Å²) in [6.45, 7) is 1.68. The lowest BCUT2D eigenvalue weighted by Crippen LogP contribution is -2.27. The Balaban J connectivity index is 2.46. The summed E-state index contributed by atoms with van der Waals surface area (Å²) < 4.78 is 44.0. The third-order valence-electron chi connectivity index (χ3n) is 4.32. The van der Waals surface area contributed by atoms with E-state index in [2.05, 4.69) is 0 Å². The molecule has 0 atom stereocenters. The molecule has 0 aliphatic heterocycles. The Morgan fingerprint density at radius 1 is 1.24 bits per heavy atom. The van der Waals surface area contributed by atoms with E-state index in [1.54, 1.807) is 6.92 Å². The average molecular weight is 299 g/mol. The molecule has 0 radical (unpaired) electrons. The molecule has 1 aromatic carbocycles. The van der Waals surface area contributed by atoms with Gasteiger partial charge in [-0.25, -0.2) is 0 Å². The molecule has 1 aliphatic rings. The average Bonchev–Trinajstić information content (AvgIpc) is 2.86. The molecule has 1 aliphatic carbocycles. The van der Waals surface area contributed by atoms with Crippen molar-refractivity contribution in [1.29, 1.82) is 5.41 Å². The molecule has 0 aromatic heterocycles. The van der Waals surface area contributed by atoms with Gasteiger partial charge in [0.1, 0.15) is 0 Å². The van der Waals surface area contributed by atoms with Crippen molar-refractivity contribution in [2.24, 2.45) is 0 Å². The molecule has 1 N–H and O–H groups in total. The SMILES string of the molecule is COC(=N)CC1(c2cc(C)cc(C(F)(F)F)c2)CCCC1. The number of rotatable bonds is 3. The number of halogens is 3. The molecule has 1 saturated carbocycles. The van der Waals surface area contributed by atoms with Crippen LogP contribution < -0.4 is 0 Å². The molecule has 1 aromatic rings. The molecule has 2 nitrogen and oxygen atoms in total. The van der Waals surface area contributed by atoms with Crippen molar-refractivity contribution in [2.45, 2.75) is 50.6 Å². The lowest BCUT2D eigenvalue weighted by molar-refractivity contribution is -0.137. The number of nitrogens with one attached hydrogen (secondary N) is 1. The Morgan fingerprint density at radius 3 is 2.38 bits per heavy atom. The number of hydrogen-bond acceptors (Lipinski definition) is 2. The van der Waals surface area contributed by atoms with Crippen LogP contribution in [0.4, 0.5) is 13.2 Å². The second kappa shape index (κ2) is 5.70. The first-order valence-corrected chi connectivity index (χ1v) is 7.08. The maximum atomic E-state index is 13.0. The highest BCUT2D eigenvalue weighted by atomic mass is 19.4. The molecule has 116 valence electrons. The molecule has 0 heterocycles. The quantitative estimate of drug-likeness (QED) is 0.629. The summed E-state index contributed by atoms with van der Waals surface area (Å²) in [5.41, 5.74) is 0.302. The molecule has 0 saturated heterocycles. The molecule has 0 amide bonds. The molecule has 2 rings (SSSR count). The van der Waals surface area contributed by atoms with Crippen LogP contribution in [0.2, 0.25) is 0 Å². The van der Waals surface area contributed by atoms with E-state index in [9.17, 15) is 13.2 Å². The van der Waals surface area contributed by atoms with Gasteiger partial charge in [0.25, 0.3) is 0 Å². The summed E-state index contributed by atoms with van der Waals surface area (Å²) in [5, 5.41) is 7.76. The van der Waals surface area contributed by atoms with Gasteiger partial charge < -0.3 is 4.74 Å². The number of alkyl halides is 3. The van der Waals surface area contributed by atoms with Gasteiger partial charge in [-0.3, -0.25) is 5.41 Å². The van der Waals surface area contributed by atoms with E-state index in [0.717, 1.165) is 25.7 Å². The molecule has 1 fully saturated rings. The molecule has 0 spiro atoms. The van der Waals surface area contributed by atoms with Gasteiger partial charge >= 0.3 is 6.18 Å². The van der Waals surface area contributed by atoms with Crippen molar-refractivity contribution in [3.63, 3.8) is 0 Å². The van der Waals surface area contributed by atoms with E-state index in [4.69, 9.17) is 10.1 Å². The van der Waals surface area contributed by atoms with E-state index in [-0.39, 0.29) is 11.3 Å². The van der Waals surface area contributed by atoms with E-state index >= 15 is 0 Å². The van der Waals surface area contributed by atoms with Crippen molar-refractivity contribution in [1.82, 2.24) is 0 Å². The first-order chi connectivity index (χ1) is 9.77. The van der Waals surface area contributed by atoms with Crippen LogP contribution in [0, 0.1) is 12.3 Å². The number of ether oxygens (including phenoxy) is 1. The first-order valence-electron chi connectivity index (χ1n) is 7.08. The summed E-state index contributed by atoms with van der Waals surface area (Å²) in [6.07, 6.45) is -0.406. The minimum absolute atomic E-state index is 0.131. The van der Waals surface area contributed by atoms with Crippen molar-refractivity contribution in [3.8, 4) is 0 Å². The predicted molar refractivity (Wildman–Crippen MR) is 75.7 cm³/mol. The zero-order valence-electron chi connectivity index (χ0n) is 12.3. The standard InChI is InChI=1S/C16H20F3NO/c1-11-7-12(9-13(8-11)16(17,18)19)15(5-3-4-6-15)10-14(20)21-2/h7-9,20H,3-6,10H2,1-2H3. The van der Waals surface area contributed by atoms with Gasteiger partial charge in [0.2, 0.25) is 0 Å². The third-order valence-corrected chi connectivity index (χ3v) is 4.32. The van der Waals surface area contributed by atoms with Crippen LogP contribution in [-0.2, 0) is 16.3 Å². The molecule has 0 bridgehead atoms. The van der Waals surface area contributed by atoms with Gasteiger partial charge in [0.05, 0.1) is 12.7 Å². The smallest absolute Gasteiger partial charge is 0.416 e. The van der Waals surface area contributed by atoms with Gasteiger partial charge in [-0.15, -0.1) is 0 Å². The normalized spacial score (nSPS) is 17.8. The summed E-state index contributed by atoms with van der Waals surface area (Å²) in [5.74, 6) is 0.131. The fourth-order valence-corrected chi connectivity index (χ4v) is 3.25. The van der Waals surface area contributed by atoms with Crippen LogP contribution in [0.3, 0.4) is 0 Å². The van der Waals surface area contributed by atoms with Gasteiger partial charge in [0, 0.05) is 11.8 Å². The maximum absolute atomic E-state index is 13.0. The topological polar surface area (TPSA) is 33.1 Å². The number of benzene rings is 1. The van der Waals surface area contributed by atoms with E-state index in [1.807, 2.05) is 6.07 Å². The Labute approximate surface area is 122 Å². The Bertz CT molecular complexity index is 531. The lowest BCUT2D eigenvalue weighted by atomic mass is 9.75. The summed E-state index contributed by atoms with van der Waals surface area (Å²) in [7, 11) is 1.43. The lowest BCUT2D eigenvalue weighted by Gasteiger charge is -2.30. The van der Waals surface area contributed by atoms with E-state index in [1.165, 1.54) is 19.2 Å². The minimum atomic E-state index is -4.34. The Morgan fingerprint density at radius 2 is 1.86 bits per heavy atom. The van der Waals surface area contributed by atoms with Crippen LogP contribution >= 0.6 is 0 Å². The predicted octanol–water partition coefficient (Wildman–Crippen LogP) is 4.84. The van der Waals surface area contributed by atoms with Crippen LogP contribution in [0.15, 0.2) is 18.2 Å². The first kappa shape index (κ1) is 15.9. The molecule has 5 heteroatoms. The van der Waals surface area contributed by atoms with E-state index in [0.29, 0.717) is 17.5 Å². The van der Waals surface area contributed by atoms with Crippen molar-refractivity contribution < 1.29 is 17.9 Å². The summed E-state index contributed by atoms with van der Waals surface area (Å²) >= 11 is 0. The van der Waals surface area contributed by atoms with E-state index < -0.39 is 11.7 Å². The number of aryl methyl sites for hydroxylation is 1. The monoisotopic (exact) mass is 299 g/mol. The molecular weight excluding hydrogens is 279 g/mol. The minimum Gasteiger partial charge on any atom is -0.484 e. The fourth-order valence-electron chi connectivity index (χ4n) is 3.25. The highest BCUT2D eigenvalue weighted by molar-refractivity contribution is 5.74. The molecular formula is C16H20F3NO. The van der Waals surface area contributed by atoms with Crippen molar-refractivity contribution >= 4 is 5.90 Å². The molecule has 0 unspecified atom stereocenters. The zero-order valence-corrected chi connectivity index (χ0v) is 12.3. The highest BCUT2D eigenvalue weighted by Crippen LogP contribution is 2.45. The zero-order chi connectivity index (χ0) is 15.7. The van der Waals surface area contributed by atoms with Crippen LogP contribution in [0.5, 0.6) is 0 Å². The van der Waals surface area contributed by atoms with Crippen molar-refractivity contribution in [2.75, 3.05) is 7.11 Å². The third kappa shape index (κ3) is 3.39. The van der Waals surface area contributed by atoms with Gasteiger partial charge in [-0.05, 0) is 37.5 Å². The van der Waals surface area contributed by atoms with Gasteiger partial charge in [-0.1, -0.05) is 24.5 Å². The second-order valence-electron chi connectivity index (χ2n) is 5.88. The fraction of sp³-hybridized carbons (Fsp3) is 0.562. The van der Waals surface area contributed by atoms with Gasteiger partial charge in [-0.2, -0.15) is 13.2 Å². The summed E-state index contributed by atoms with van der Waals surface area (Å²) in [6, 6.07) is 4.25. The van der Waals surface area contributed by atoms with Crippen LogP contribution in [-0.4, -0.2) is 13.0 Å². The van der Waals surface area contributed by atoms with Crippen LogP contribution in [0.1, 0.15) is 48.8 Å². The number of methoxy groups -OCH3 is 1. The summed E-state index contributed by atoms with van der Waals surface area (Å²) in [4.78, 5) is 0. The van der Waals surface area contributed by atoms with Crippen LogP contribution in [0.25, 0.3) is 0 Å². The van der Waals surface area contributed by atoms with Gasteiger partial charge in [0.15, 0.2) is 5.90 Å². The Kier molecular flexibility index (Phi) is 4.30. The second-order valence-corrected chi connectivity index (χ2v) is 5.88. The largest absolute Gasteiger partial charge is 0.484 e. The number of hydrogen-bond donors (Lipinski definition) is 1. The Hall–Kier alpha value is -1.52. The molecule has 21 heavy (non-hydrogen) atoms. The highest BCUT2D eigenvalue weighted by Gasteiger charge is 2.39. The maximum Gasteiger partial charge on any atom is 0.416 e. The van der Waals surface area contributed by atoms with Crippen molar-refractivity contribution in [3.05, 3.63) is 34.9 Å².